The molecular formula is C31H50O4. The monoisotopic (exact) mass is 486 g/mol. The third-order valence-corrected chi connectivity index (χ3v) is 13.7. The minimum Gasteiger partial charge on any atom is -0.481 e. The highest BCUT2D eigenvalue weighted by atomic mass is 16.4. The Morgan fingerprint density at radius 1 is 0.943 bits per heavy atom. The molecule has 35 heavy (non-hydrogen) atoms. The number of aliphatic hydroxyl groups excluding tert-OH is 1. The number of carboxylic acids is 1. The molecule has 198 valence electrons. The highest BCUT2D eigenvalue weighted by Gasteiger charge is 2.71. The van der Waals surface area contributed by atoms with Gasteiger partial charge in [0.1, 0.15) is 0 Å². The van der Waals surface area contributed by atoms with Gasteiger partial charge in [-0.1, -0.05) is 60.1 Å². The molecule has 5 aliphatic rings. The van der Waals surface area contributed by atoms with Crippen LogP contribution in [0.1, 0.15) is 107 Å². The SMILES string of the molecule is CC1C[C@]2(C)[C@H]3CC=C4[C@H]5C(C(=O)O)(CC[C@@H](C)[C@@]5(C)O)CC[C@@]4(C)[C@]3(C)CC[C@H]2C(C)(C)C1O. The molecule has 0 aromatic heterocycles. The van der Waals surface area contributed by atoms with Crippen LogP contribution < -0.4 is 0 Å². The second-order valence-electron chi connectivity index (χ2n) is 15.3. The first-order valence-corrected chi connectivity index (χ1v) is 14.3. The van der Waals surface area contributed by atoms with Gasteiger partial charge in [0.05, 0.1) is 17.1 Å². The summed E-state index contributed by atoms with van der Waals surface area (Å²) in [4.78, 5) is 12.9. The van der Waals surface area contributed by atoms with E-state index in [1.54, 1.807) is 0 Å². The Morgan fingerprint density at radius 3 is 2.23 bits per heavy atom. The Morgan fingerprint density at radius 2 is 1.60 bits per heavy atom. The van der Waals surface area contributed by atoms with Crippen molar-refractivity contribution in [3.8, 4) is 0 Å². The van der Waals surface area contributed by atoms with Crippen LogP contribution in [-0.2, 0) is 4.79 Å². The van der Waals surface area contributed by atoms with Crippen LogP contribution in [0.25, 0.3) is 0 Å². The first kappa shape index (κ1) is 25.8. The molecule has 5 rings (SSSR count). The molecule has 0 saturated heterocycles. The molecule has 0 bridgehead atoms. The lowest BCUT2D eigenvalue weighted by atomic mass is 9.32. The number of aliphatic carboxylic acids is 1. The highest BCUT2D eigenvalue weighted by molar-refractivity contribution is 5.77. The molecule has 0 spiro atoms. The van der Waals surface area contributed by atoms with Gasteiger partial charge in [-0.2, -0.15) is 0 Å². The summed E-state index contributed by atoms with van der Waals surface area (Å²) >= 11 is 0. The number of rotatable bonds is 1. The Kier molecular flexibility index (Phi) is 5.42. The Labute approximate surface area is 213 Å². The predicted octanol–water partition coefficient (Wildman–Crippen LogP) is 6.45. The Bertz CT molecular complexity index is 950. The van der Waals surface area contributed by atoms with Crippen molar-refractivity contribution in [2.75, 3.05) is 0 Å². The van der Waals surface area contributed by atoms with Crippen LogP contribution in [-0.4, -0.2) is 33.0 Å². The average molecular weight is 487 g/mol. The molecular weight excluding hydrogens is 436 g/mol. The van der Waals surface area contributed by atoms with Gasteiger partial charge in [0.25, 0.3) is 0 Å². The molecule has 3 N–H and O–H groups in total. The van der Waals surface area contributed by atoms with Crippen molar-refractivity contribution in [1.29, 1.82) is 0 Å². The molecule has 0 heterocycles. The van der Waals surface area contributed by atoms with Gasteiger partial charge < -0.3 is 15.3 Å². The van der Waals surface area contributed by atoms with E-state index in [0.29, 0.717) is 24.7 Å². The van der Waals surface area contributed by atoms with Crippen molar-refractivity contribution in [2.24, 2.45) is 56.7 Å². The third-order valence-electron chi connectivity index (χ3n) is 13.7. The van der Waals surface area contributed by atoms with Crippen molar-refractivity contribution < 1.29 is 20.1 Å². The smallest absolute Gasteiger partial charge is 0.310 e. The summed E-state index contributed by atoms with van der Waals surface area (Å²) in [5, 5.41) is 33.6. The van der Waals surface area contributed by atoms with Crippen LogP contribution in [0.4, 0.5) is 0 Å². The zero-order chi connectivity index (χ0) is 26.0. The molecule has 0 aliphatic heterocycles. The Hall–Kier alpha value is -0.870. The summed E-state index contributed by atoms with van der Waals surface area (Å²) < 4.78 is 0. The number of fused-ring (bicyclic) bond motifs is 7. The van der Waals surface area contributed by atoms with E-state index in [1.165, 1.54) is 5.57 Å². The molecule has 4 fully saturated rings. The molecule has 4 saturated carbocycles. The summed E-state index contributed by atoms with van der Waals surface area (Å²) in [5.41, 5.74) is -0.626. The van der Waals surface area contributed by atoms with Crippen molar-refractivity contribution in [1.82, 2.24) is 0 Å². The molecule has 0 radical (unpaired) electrons. The van der Waals surface area contributed by atoms with Crippen LogP contribution in [0, 0.1) is 56.7 Å². The van der Waals surface area contributed by atoms with Crippen molar-refractivity contribution in [2.45, 2.75) is 118 Å². The normalized spacial score (nSPS) is 57.1. The summed E-state index contributed by atoms with van der Waals surface area (Å²) in [7, 11) is 0. The van der Waals surface area contributed by atoms with Gasteiger partial charge in [-0.3, -0.25) is 4.79 Å². The number of carbonyl (C=O) groups is 1. The average Bonchev–Trinajstić information content (AvgIpc) is 2.75. The quantitative estimate of drug-likeness (QED) is 0.372. The topological polar surface area (TPSA) is 77.8 Å². The van der Waals surface area contributed by atoms with E-state index in [0.717, 1.165) is 38.5 Å². The Balaban J connectivity index is 1.65. The van der Waals surface area contributed by atoms with Gasteiger partial charge in [0.15, 0.2) is 0 Å². The van der Waals surface area contributed by atoms with Crippen LogP contribution in [0.5, 0.6) is 0 Å². The lowest BCUT2D eigenvalue weighted by Crippen LogP contribution is -2.68. The first-order chi connectivity index (χ1) is 16.0. The number of carboxylic acid groups (broad SMARTS) is 1. The summed E-state index contributed by atoms with van der Waals surface area (Å²) in [6.45, 7) is 18.3. The maximum atomic E-state index is 12.9. The maximum Gasteiger partial charge on any atom is 0.310 e. The summed E-state index contributed by atoms with van der Waals surface area (Å²) in [5.74, 6) is 0.317. The molecule has 11 atom stereocenters. The van der Waals surface area contributed by atoms with Crippen molar-refractivity contribution in [3.63, 3.8) is 0 Å². The highest BCUT2D eigenvalue weighted by Crippen LogP contribution is 2.76. The molecule has 5 aliphatic carbocycles. The van der Waals surface area contributed by atoms with Gasteiger partial charge in [-0.25, -0.2) is 0 Å². The van der Waals surface area contributed by atoms with Crippen molar-refractivity contribution >= 4 is 5.97 Å². The standard InChI is InChI=1S/C31H50O4/c1-18-17-27(5)21(26(3,4)24(18)32)12-13-29(7)22(27)10-9-20-23-30(8,35)19(2)11-14-31(23,25(33)34)16-15-28(20,29)6/h9,18-19,21-24,32,35H,10-17H2,1-8H3,(H,33,34)/t18?,19-,21+,22-,23-,24?,27+,28-,29-,30-,31?/m1/s1. The zero-order valence-corrected chi connectivity index (χ0v) is 23.4. The molecule has 4 nitrogen and oxygen atoms in total. The van der Waals surface area contributed by atoms with E-state index >= 15 is 0 Å². The third kappa shape index (κ3) is 2.90. The minimum absolute atomic E-state index is 0.0574. The fraction of sp³-hybridized carbons (Fsp3) is 0.903. The van der Waals surface area contributed by atoms with Crippen molar-refractivity contribution in [3.05, 3.63) is 11.6 Å². The lowest BCUT2D eigenvalue weighted by molar-refractivity contribution is -0.226. The van der Waals surface area contributed by atoms with Crippen LogP contribution in [0.2, 0.25) is 0 Å². The summed E-state index contributed by atoms with van der Waals surface area (Å²) in [6, 6.07) is 0. The fourth-order valence-corrected chi connectivity index (χ4v) is 11.5. The van der Waals surface area contributed by atoms with Gasteiger partial charge in [0.2, 0.25) is 0 Å². The van der Waals surface area contributed by atoms with E-state index in [9.17, 15) is 20.1 Å². The number of hydrogen-bond donors (Lipinski definition) is 3. The van der Waals surface area contributed by atoms with E-state index in [2.05, 4.69) is 54.5 Å². The molecule has 0 amide bonds. The van der Waals surface area contributed by atoms with Gasteiger partial charge in [-0.05, 0) is 104 Å². The molecule has 0 aromatic rings. The van der Waals surface area contributed by atoms with E-state index in [1.807, 2.05) is 6.92 Å². The number of allylic oxidation sites excluding steroid dienone is 1. The second kappa shape index (κ2) is 7.37. The largest absolute Gasteiger partial charge is 0.481 e. The molecule has 4 heteroatoms. The lowest BCUT2D eigenvalue weighted by Gasteiger charge is -2.72. The van der Waals surface area contributed by atoms with E-state index < -0.39 is 17.0 Å². The zero-order valence-electron chi connectivity index (χ0n) is 23.4. The van der Waals surface area contributed by atoms with E-state index in [4.69, 9.17) is 0 Å². The molecule has 0 aromatic carbocycles. The molecule has 3 unspecified atom stereocenters. The fourth-order valence-electron chi connectivity index (χ4n) is 11.5. The predicted molar refractivity (Wildman–Crippen MR) is 139 cm³/mol. The van der Waals surface area contributed by atoms with Crippen LogP contribution >= 0.6 is 0 Å². The minimum atomic E-state index is -1.01. The summed E-state index contributed by atoms with van der Waals surface area (Å²) in [6.07, 6.45) is 9.38. The van der Waals surface area contributed by atoms with Gasteiger partial charge in [0, 0.05) is 5.92 Å². The van der Waals surface area contributed by atoms with Crippen LogP contribution in [0.3, 0.4) is 0 Å². The number of hydrogen-bond acceptors (Lipinski definition) is 3. The number of aliphatic hydroxyl groups is 2. The maximum absolute atomic E-state index is 12.9. The van der Waals surface area contributed by atoms with Gasteiger partial charge in [-0.15, -0.1) is 0 Å². The second-order valence-corrected chi connectivity index (χ2v) is 15.3. The van der Waals surface area contributed by atoms with Crippen LogP contribution in [0.15, 0.2) is 11.6 Å². The first-order valence-electron chi connectivity index (χ1n) is 14.3. The van der Waals surface area contributed by atoms with Gasteiger partial charge >= 0.3 is 5.97 Å². The van der Waals surface area contributed by atoms with E-state index in [-0.39, 0.29) is 45.5 Å².